The third-order valence-electron chi connectivity index (χ3n) is 3.08. The first kappa shape index (κ1) is 9.19. The first-order valence-corrected chi connectivity index (χ1v) is 4.71. The van der Waals surface area contributed by atoms with E-state index in [4.69, 9.17) is 9.47 Å². The van der Waals surface area contributed by atoms with Crippen molar-refractivity contribution in [3.05, 3.63) is 11.6 Å². The molecule has 0 spiro atoms. The maximum absolute atomic E-state index is 10.0. The van der Waals surface area contributed by atoms with E-state index in [1.807, 2.05) is 6.92 Å². The van der Waals surface area contributed by atoms with Crippen molar-refractivity contribution in [1.82, 2.24) is 0 Å². The van der Waals surface area contributed by atoms with E-state index >= 15 is 0 Å². The van der Waals surface area contributed by atoms with E-state index in [0.29, 0.717) is 6.61 Å². The van der Waals surface area contributed by atoms with Crippen LogP contribution in [0.25, 0.3) is 0 Å². The fourth-order valence-corrected chi connectivity index (χ4v) is 1.77. The van der Waals surface area contributed by atoms with Crippen LogP contribution in [-0.2, 0) is 9.47 Å². The van der Waals surface area contributed by atoms with Crippen molar-refractivity contribution in [2.45, 2.75) is 37.6 Å². The van der Waals surface area contributed by atoms with Gasteiger partial charge < -0.3 is 14.6 Å². The van der Waals surface area contributed by atoms with Crippen LogP contribution in [0.2, 0.25) is 0 Å². The second kappa shape index (κ2) is 3.08. The normalized spacial score (nSPS) is 44.4. The van der Waals surface area contributed by atoms with Gasteiger partial charge in [0.05, 0.1) is 12.2 Å². The van der Waals surface area contributed by atoms with E-state index in [9.17, 15) is 5.11 Å². The molecule has 74 valence electrons. The number of aliphatic hydroxyl groups excluding tert-OH is 1. The molecule has 0 aromatic heterocycles. The van der Waals surface area contributed by atoms with Gasteiger partial charge in [0.15, 0.2) is 0 Å². The maximum Gasteiger partial charge on any atom is 0.113 e. The summed E-state index contributed by atoms with van der Waals surface area (Å²) in [5.74, 6) is 0. The summed E-state index contributed by atoms with van der Waals surface area (Å²) in [5, 5.41) is 10.0. The summed E-state index contributed by atoms with van der Waals surface area (Å²) in [5.41, 5.74) is 0.780. The fourth-order valence-electron chi connectivity index (χ4n) is 1.77. The second-order valence-corrected chi connectivity index (χ2v) is 3.99. The highest BCUT2D eigenvalue weighted by Crippen LogP contribution is 2.36. The molecule has 0 saturated carbocycles. The van der Waals surface area contributed by atoms with Crippen LogP contribution >= 0.6 is 0 Å². The van der Waals surface area contributed by atoms with Crippen molar-refractivity contribution < 1.29 is 14.6 Å². The molecule has 0 aromatic carbocycles. The smallest absolute Gasteiger partial charge is 0.113 e. The van der Waals surface area contributed by atoms with Crippen LogP contribution in [0.4, 0.5) is 0 Å². The SMILES string of the molecule is CO[C@]1(C)CCOC(C2=CC2)[C@@H]1O. The first-order valence-electron chi connectivity index (χ1n) is 4.71. The molecular weight excluding hydrogens is 168 g/mol. The first-order chi connectivity index (χ1) is 6.17. The highest BCUT2D eigenvalue weighted by atomic mass is 16.5. The topological polar surface area (TPSA) is 38.7 Å². The van der Waals surface area contributed by atoms with E-state index in [1.54, 1.807) is 7.11 Å². The standard InChI is InChI=1S/C10H16O3/c1-10(12-2)5-6-13-8(9(10)11)7-3-4-7/h3,8-9,11H,4-6H2,1-2H3/t8?,9-,10+/m0/s1. The zero-order chi connectivity index (χ0) is 9.47. The van der Waals surface area contributed by atoms with Gasteiger partial charge in [-0.05, 0) is 18.9 Å². The van der Waals surface area contributed by atoms with Crippen molar-refractivity contribution in [1.29, 1.82) is 0 Å². The zero-order valence-electron chi connectivity index (χ0n) is 8.12. The van der Waals surface area contributed by atoms with Crippen LogP contribution in [0, 0.1) is 0 Å². The van der Waals surface area contributed by atoms with Gasteiger partial charge in [0.25, 0.3) is 0 Å². The van der Waals surface area contributed by atoms with Crippen LogP contribution in [0.3, 0.4) is 0 Å². The van der Waals surface area contributed by atoms with E-state index in [1.165, 1.54) is 5.57 Å². The van der Waals surface area contributed by atoms with Gasteiger partial charge >= 0.3 is 0 Å². The van der Waals surface area contributed by atoms with Crippen LogP contribution in [0.15, 0.2) is 11.6 Å². The summed E-state index contributed by atoms with van der Waals surface area (Å²) in [6.45, 7) is 2.61. The lowest BCUT2D eigenvalue weighted by Crippen LogP contribution is -2.53. The van der Waals surface area contributed by atoms with Crippen LogP contribution in [-0.4, -0.2) is 36.6 Å². The van der Waals surface area contributed by atoms with E-state index in [2.05, 4.69) is 6.08 Å². The highest BCUT2D eigenvalue weighted by molar-refractivity contribution is 5.29. The Bertz CT molecular complexity index is 236. The van der Waals surface area contributed by atoms with Gasteiger partial charge in [-0.3, -0.25) is 0 Å². The Morgan fingerprint density at radius 2 is 2.38 bits per heavy atom. The summed E-state index contributed by atoms with van der Waals surface area (Å²) < 4.78 is 10.9. The number of aliphatic hydroxyl groups is 1. The summed E-state index contributed by atoms with van der Waals surface area (Å²) in [6.07, 6.45) is 3.18. The number of hydrogen-bond donors (Lipinski definition) is 1. The number of ether oxygens (including phenoxy) is 2. The lowest BCUT2D eigenvalue weighted by molar-refractivity contribution is -0.182. The summed E-state index contributed by atoms with van der Waals surface area (Å²) >= 11 is 0. The van der Waals surface area contributed by atoms with E-state index in [-0.39, 0.29) is 6.10 Å². The molecule has 1 unspecified atom stereocenters. The number of methoxy groups -OCH3 is 1. The lowest BCUT2D eigenvalue weighted by atomic mass is 9.88. The Labute approximate surface area is 78.3 Å². The molecule has 0 aromatic rings. The lowest BCUT2D eigenvalue weighted by Gasteiger charge is -2.41. The molecule has 3 heteroatoms. The molecule has 2 rings (SSSR count). The predicted molar refractivity (Wildman–Crippen MR) is 48.5 cm³/mol. The predicted octanol–water partition coefficient (Wildman–Crippen LogP) is 0.871. The summed E-state index contributed by atoms with van der Waals surface area (Å²) in [4.78, 5) is 0. The van der Waals surface area contributed by atoms with Gasteiger partial charge in [-0.2, -0.15) is 0 Å². The minimum Gasteiger partial charge on any atom is -0.387 e. The minimum absolute atomic E-state index is 0.126. The zero-order valence-corrected chi connectivity index (χ0v) is 8.12. The molecule has 3 atom stereocenters. The average molecular weight is 184 g/mol. The Balaban J connectivity index is 2.10. The largest absolute Gasteiger partial charge is 0.387 e. The average Bonchev–Trinajstić information content (AvgIpc) is 2.93. The van der Waals surface area contributed by atoms with Crippen molar-refractivity contribution in [2.24, 2.45) is 0 Å². The van der Waals surface area contributed by atoms with Crippen molar-refractivity contribution in [3.63, 3.8) is 0 Å². The number of allylic oxidation sites excluding steroid dienone is 1. The van der Waals surface area contributed by atoms with Crippen molar-refractivity contribution in [2.75, 3.05) is 13.7 Å². The van der Waals surface area contributed by atoms with Gasteiger partial charge in [-0.15, -0.1) is 0 Å². The third kappa shape index (κ3) is 1.52. The molecule has 1 heterocycles. The number of hydrogen-bond acceptors (Lipinski definition) is 3. The van der Waals surface area contributed by atoms with E-state index < -0.39 is 11.7 Å². The Morgan fingerprint density at radius 1 is 1.69 bits per heavy atom. The molecule has 0 radical (unpaired) electrons. The quantitative estimate of drug-likeness (QED) is 0.647. The molecule has 1 aliphatic carbocycles. The molecule has 1 N–H and O–H groups in total. The monoisotopic (exact) mass is 184 g/mol. The van der Waals surface area contributed by atoms with Crippen molar-refractivity contribution >= 4 is 0 Å². The van der Waals surface area contributed by atoms with Crippen LogP contribution < -0.4 is 0 Å². The molecule has 0 amide bonds. The molecule has 0 bridgehead atoms. The van der Waals surface area contributed by atoms with Gasteiger partial charge in [0.2, 0.25) is 0 Å². The summed E-state index contributed by atoms with van der Waals surface area (Å²) in [7, 11) is 1.65. The van der Waals surface area contributed by atoms with Gasteiger partial charge in [0, 0.05) is 13.5 Å². The maximum atomic E-state index is 10.0. The molecule has 1 aliphatic heterocycles. The number of rotatable bonds is 2. The van der Waals surface area contributed by atoms with Crippen molar-refractivity contribution in [3.8, 4) is 0 Å². The molecular formula is C10H16O3. The Kier molecular flexibility index (Phi) is 2.18. The van der Waals surface area contributed by atoms with Gasteiger partial charge in [-0.1, -0.05) is 6.08 Å². The third-order valence-corrected chi connectivity index (χ3v) is 3.08. The van der Waals surface area contributed by atoms with Gasteiger partial charge in [-0.25, -0.2) is 0 Å². The minimum atomic E-state index is -0.528. The van der Waals surface area contributed by atoms with Crippen LogP contribution in [0.1, 0.15) is 19.8 Å². The van der Waals surface area contributed by atoms with E-state index in [0.717, 1.165) is 12.8 Å². The molecule has 13 heavy (non-hydrogen) atoms. The summed E-state index contributed by atoms with van der Waals surface area (Å²) in [6, 6.07) is 0. The molecule has 1 saturated heterocycles. The molecule has 2 aliphatic rings. The molecule has 1 fully saturated rings. The molecule has 3 nitrogen and oxygen atoms in total. The highest BCUT2D eigenvalue weighted by Gasteiger charge is 2.45. The fraction of sp³-hybridized carbons (Fsp3) is 0.800. The van der Waals surface area contributed by atoms with Gasteiger partial charge in [0.1, 0.15) is 12.2 Å². The Hall–Kier alpha value is -0.380. The Morgan fingerprint density at radius 3 is 2.92 bits per heavy atom. The second-order valence-electron chi connectivity index (χ2n) is 3.99. The van der Waals surface area contributed by atoms with Crippen LogP contribution in [0.5, 0.6) is 0 Å².